The summed E-state index contributed by atoms with van der Waals surface area (Å²) in [4.78, 5) is 56.2. The topological polar surface area (TPSA) is 233 Å². The smallest absolute Gasteiger partial charge is 0.439 e. The molecule has 37 heavy (non-hydrogen) atoms. The van der Waals surface area contributed by atoms with Crippen molar-refractivity contribution in [1.29, 1.82) is 0 Å². The highest BCUT2D eigenvalue weighted by molar-refractivity contribution is 7.60. The lowest BCUT2D eigenvalue weighted by Gasteiger charge is -2.18. The van der Waals surface area contributed by atoms with Crippen LogP contribution in [0.5, 0.6) is 0 Å². The molecule has 3 aromatic rings. The zero-order valence-corrected chi connectivity index (χ0v) is 20.4. The molecule has 5 atom stereocenters. The van der Waals surface area contributed by atoms with E-state index in [-0.39, 0.29) is 12.4 Å². The number of phosphoric acid groups is 2. The second-order valence-electron chi connectivity index (χ2n) is 7.80. The Morgan fingerprint density at radius 1 is 1.03 bits per heavy atom. The van der Waals surface area contributed by atoms with Crippen LogP contribution in [-0.4, -0.2) is 63.9 Å². The number of benzene rings is 1. The van der Waals surface area contributed by atoms with Crippen LogP contribution in [0, 0.1) is 0 Å². The second kappa shape index (κ2) is 10.6. The monoisotopic (exact) mass is 561 g/mol. The standard InChI is InChI=1S/C19H21N3O13P2/c23-15-6-7-21(18-17(25)16(24)13(34-18)10-32-37(30,31)35-36(27,28)29)19(26)22(15)9-14-20-8-12(33-14)11-4-2-1-3-5-11/h1-8,13,16-18,24-25H,9-10H2,(H,30,31)(H2,27,28,29)/t13-,16?,17+,18-/m1/s1. The molecule has 1 saturated heterocycles. The van der Waals surface area contributed by atoms with Gasteiger partial charge in [0.15, 0.2) is 12.0 Å². The van der Waals surface area contributed by atoms with Gasteiger partial charge in [-0.15, -0.1) is 0 Å². The molecule has 0 aliphatic carbocycles. The molecule has 4 rings (SSSR count). The first-order valence-electron chi connectivity index (χ1n) is 10.4. The fourth-order valence-corrected chi connectivity index (χ4v) is 5.15. The van der Waals surface area contributed by atoms with E-state index in [1.54, 1.807) is 24.3 Å². The normalized spacial score (nSPS) is 23.7. The predicted octanol–water partition coefficient (Wildman–Crippen LogP) is -0.441. The summed E-state index contributed by atoms with van der Waals surface area (Å²) in [5.74, 6) is 0.447. The van der Waals surface area contributed by atoms with E-state index in [0.717, 1.165) is 27.0 Å². The summed E-state index contributed by atoms with van der Waals surface area (Å²) in [6.45, 7) is -1.31. The van der Waals surface area contributed by atoms with Gasteiger partial charge in [0.25, 0.3) is 5.56 Å². The molecule has 18 heteroatoms. The largest absolute Gasteiger partial charge is 0.481 e. The van der Waals surface area contributed by atoms with Crippen LogP contribution in [0.4, 0.5) is 0 Å². The fourth-order valence-electron chi connectivity index (χ4n) is 3.55. The SMILES string of the molecule is O=c1ccn([C@@H]2O[C@H](COP(=O)(O)OP(=O)(O)O)C(O)[C@@H]2O)c(=O)n1Cc1ncc(-c2ccccc2)o1. The molecule has 2 unspecified atom stereocenters. The van der Waals surface area contributed by atoms with Crippen molar-refractivity contribution in [3.05, 3.63) is 75.5 Å². The molecular weight excluding hydrogens is 540 g/mol. The Morgan fingerprint density at radius 3 is 2.41 bits per heavy atom. The summed E-state index contributed by atoms with van der Waals surface area (Å²) in [6, 6.07) is 9.97. The molecule has 2 aromatic heterocycles. The van der Waals surface area contributed by atoms with E-state index < -0.39 is 58.0 Å². The van der Waals surface area contributed by atoms with Crippen LogP contribution in [0.3, 0.4) is 0 Å². The predicted molar refractivity (Wildman–Crippen MR) is 121 cm³/mol. The molecule has 200 valence electrons. The third-order valence-corrected chi connectivity index (χ3v) is 7.38. The molecule has 0 radical (unpaired) electrons. The Bertz CT molecular complexity index is 1460. The third-order valence-electron chi connectivity index (χ3n) is 5.22. The van der Waals surface area contributed by atoms with Crippen molar-refractivity contribution in [1.82, 2.24) is 14.1 Å². The molecule has 0 spiro atoms. The number of rotatable bonds is 9. The fraction of sp³-hybridized carbons (Fsp3) is 0.316. The summed E-state index contributed by atoms with van der Waals surface area (Å²) < 4.78 is 43.0. The minimum atomic E-state index is -5.38. The molecule has 5 N–H and O–H groups in total. The number of aromatic nitrogens is 3. The second-order valence-corrected chi connectivity index (χ2v) is 10.6. The van der Waals surface area contributed by atoms with E-state index in [1.807, 2.05) is 6.07 Å². The van der Waals surface area contributed by atoms with E-state index in [1.165, 1.54) is 6.20 Å². The van der Waals surface area contributed by atoms with E-state index >= 15 is 0 Å². The van der Waals surface area contributed by atoms with Crippen LogP contribution in [0.15, 0.2) is 62.8 Å². The highest BCUT2D eigenvalue weighted by atomic mass is 31.3. The van der Waals surface area contributed by atoms with Gasteiger partial charge in [-0.1, -0.05) is 30.3 Å². The van der Waals surface area contributed by atoms with Gasteiger partial charge in [-0.2, -0.15) is 4.31 Å². The average molecular weight is 561 g/mol. The third kappa shape index (κ3) is 6.40. The molecule has 1 aliphatic heterocycles. The molecule has 0 amide bonds. The number of hydrogen-bond donors (Lipinski definition) is 5. The van der Waals surface area contributed by atoms with E-state index in [0.29, 0.717) is 5.76 Å². The Kier molecular flexibility index (Phi) is 7.78. The summed E-state index contributed by atoms with van der Waals surface area (Å²) in [7, 11) is -10.6. The van der Waals surface area contributed by atoms with Gasteiger partial charge < -0.3 is 34.0 Å². The van der Waals surface area contributed by atoms with Gasteiger partial charge in [-0.05, 0) is 0 Å². The molecule has 0 saturated carbocycles. The highest BCUT2D eigenvalue weighted by Gasteiger charge is 2.46. The van der Waals surface area contributed by atoms with Crippen molar-refractivity contribution in [3.63, 3.8) is 0 Å². The van der Waals surface area contributed by atoms with Gasteiger partial charge in [0, 0.05) is 17.8 Å². The lowest BCUT2D eigenvalue weighted by Crippen LogP contribution is -2.43. The first kappa shape index (κ1) is 27.3. The lowest BCUT2D eigenvalue weighted by atomic mass is 10.1. The Morgan fingerprint density at radius 2 is 1.73 bits per heavy atom. The first-order chi connectivity index (χ1) is 17.3. The molecule has 1 fully saturated rings. The number of oxazole rings is 1. The van der Waals surface area contributed by atoms with Crippen LogP contribution in [0.1, 0.15) is 12.1 Å². The summed E-state index contributed by atoms with van der Waals surface area (Å²) >= 11 is 0. The van der Waals surface area contributed by atoms with Crippen LogP contribution in [0.2, 0.25) is 0 Å². The number of nitrogens with zero attached hydrogens (tertiary/aromatic N) is 3. The van der Waals surface area contributed by atoms with E-state index in [9.17, 15) is 33.8 Å². The lowest BCUT2D eigenvalue weighted by molar-refractivity contribution is -0.0548. The number of aliphatic hydroxyl groups excluding tert-OH is 2. The van der Waals surface area contributed by atoms with Gasteiger partial charge in [0.2, 0.25) is 5.89 Å². The summed E-state index contributed by atoms with van der Waals surface area (Å²) in [6.07, 6.45) is -4.15. The van der Waals surface area contributed by atoms with Gasteiger partial charge in [0.05, 0.1) is 12.8 Å². The first-order valence-corrected chi connectivity index (χ1v) is 13.5. The quantitative estimate of drug-likeness (QED) is 0.208. The zero-order chi connectivity index (χ0) is 27.0. The van der Waals surface area contributed by atoms with E-state index in [4.69, 9.17) is 18.9 Å². The van der Waals surface area contributed by atoms with Gasteiger partial charge >= 0.3 is 21.3 Å². The number of hydrogen-bond acceptors (Lipinski definition) is 11. The van der Waals surface area contributed by atoms with Crippen molar-refractivity contribution in [2.45, 2.75) is 31.1 Å². The maximum absolute atomic E-state index is 13.1. The molecule has 16 nitrogen and oxygen atoms in total. The van der Waals surface area contributed by atoms with Gasteiger partial charge in [-0.3, -0.25) is 18.5 Å². The Balaban J connectivity index is 1.52. The summed E-state index contributed by atoms with van der Waals surface area (Å²) in [5, 5.41) is 20.7. The van der Waals surface area contributed by atoms with Crippen molar-refractivity contribution in [2.75, 3.05) is 6.61 Å². The molecule has 1 aliphatic rings. The maximum atomic E-state index is 13.1. The van der Waals surface area contributed by atoms with Crippen LogP contribution in [-0.2, 0) is 29.2 Å². The number of aliphatic hydroxyl groups is 2. The zero-order valence-electron chi connectivity index (χ0n) is 18.6. The minimum absolute atomic E-state index is 0.0405. The van der Waals surface area contributed by atoms with Crippen molar-refractivity contribution in [3.8, 4) is 11.3 Å². The van der Waals surface area contributed by atoms with Crippen LogP contribution >= 0.6 is 15.6 Å². The minimum Gasteiger partial charge on any atom is -0.439 e. The van der Waals surface area contributed by atoms with Crippen LogP contribution < -0.4 is 11.2 Å². The van der Waals surface area contributed by atoms with Crippen molar-refractivity contribution in [2.24, 2.45) is 0 Å². The van der Waals surface area contributed by atoms with Crippen molar-refractivity contribution >= 4 is 15.6 Å². The molecule has 3 heterocycles. The average Bonchev–Trinajstić information content (AvgIpc) is 3.40. The molecular formula is C19H21N3O13P2. The Labute approximate surface area is 206 Å². The van der Waals surface area contributed by atoms with Gasteiger partial charge in [0.1, 0.15) is 24.9 Å². The molecule has 1 aromatic carbocycles. The van der Waals surface area contributed by atoms with E-state index in [2.05, 4.69) is 13.8 Å². The molecule has 0 bridgehead atoms. The van der Waals surface area contributed by atoms with Gasteiger partial charge in [-0.25, -0.2) is 18.9 Å². The summed E-state index contributed by atoms with van der Waals surface area (Å²) in [5.41, 5.74) is -0.950. The number of ether oxygens (including phenoxy) is 1. The highest BCUT2D eigenvalue weighted by Crippen LogP contribution is 2.57. The Hall–Kier alpha value is -2.75. The van der Waals surface area contributed by atoms with Crippen molar-refractivity contribution < 1.29 is 52.0 Å². The maximum Gasteiger partial charge on any atom is 0.481 e. The van der Waals surface area contributed by atoms with Crippen LogP contribution in [0.25, 0.3) is 11.3 Å². The number of phosphoric ester groups is 1.